The van der Waals surface area contributed by atoms with Crippen molar-refractivity contribution in [2.75, 3.05) is 10.6 Å². The summed E-state index contributed by atoms with van der Waals surface area (Å²) in [6.07, 6.45) is 3.61. The van der Waals surface area contributed by atoms with E-state index in [-0.39, 0.29) is 22.5 Å². The van der Waals surface area contributed by atoms with E-state index in [1.165, 1.54) is 0 Å². The quantitative estimate of drug-likeness (QED) is 0.157. The van der Waals surface area contributed by atoms with Gasteiger partial charge in [0.05, 0.1) is 11.0 Å². The van der Waals surface area contributed by atoms with E-state index in [9.17, 15) is 9.59 Å². The molecule has 6 aromatic heterocycles. The van der Waals surface area contributed by atoms with Gasteiger partial charge in [-0.05, 0) is 98.5 Å². The van der Waals surface area contributed by atoms with Crippen molar-refractivity contribution in [1.29, 1.82) is 0 Å². The fourth-order valence-corrected chi connectivity index (χ4v) is 6.64. The van der Waals surface area contributed by atoms with E-state index in [1.54, 1.807) is 35.6 Å². The lowest BCUT2D eigenvalue weighted by Crippen LogP contribution is -2.19. The number of rotatable bonds is 7. The van der Waals surface area contributed by atoms with Crippen molar-refractivity contribution in [3.05, 3.63) is 128 Å². The van der Waals surface area contributed by atoms with Crippen LogP contribution >= 0.6 is 0 Å². The van der Waals surface area contributed by atoms with Gasteiger partial charge in [0.15, 0.2) is 0 Å². The monoisotopic (exact) mass is 792 g/mol. The first-order valence-electron chi connectivity index (χ1n) is 19.3. The molecule has 2 N–H and O–H groups in total. The largest absolute Gasteiger partial charge is 0.408 e. The molecule has 8 rings (SSSR count). The van der Waals surface area contributed by atoms with Crippen LogP contribution in [0.2, 0.25) is 0 Å². The molecule has 0 aliphatic rings. The first kappa shape index (κ1) is 40.2. The predicted molar refractivity (Wildman–Crippen MR) is 232 cm³/mol. The van der Waals surface area contributed by atoms with Gasteiger partial charge in [0, 0.05) is 82.5 Å². The highest BCUT2D eigenvalue weighted by Crippen LogP contribution is 2.31. The molecule has 0 fully saturated rings. The average molecular weight is 793 g/mol. The zero-order valence-electron chi connectivity index (χ0n) is 35.2. The standard InChI is InChI=1S/C23H25N5O2.C22H23N5O2/c1-13-7-8-16(25-22-27-26-21(30-22)23(3,4)5)11-17(13)18-10-15-12-24-14(2)9-19(15)28(6)20(18)29;1-12(2)20-25-26-22(29-20)24-16-7-6-13(3)17(10-16)18-9-15-11-23-14(4)8-19(15)27(5)21(18)28/h7-12H,1-6H3,(H,25,27);6-12H,1-5H3,(H,24,26). The summed E-state index contributed by atoms with van der Waals surface area (Å²) in [5.74, 6) is 1.29. The van der Waals surface area contributed by atoms with Gasteiger partial charge in [0.25, 0.3) is 11.1 Å². The van der Waals surface area contributed by atoms with Crippen molar-refractivity contribution in [2.45, 2.75) is 73.6 Å². The minimum absolute atomic E-state index is 0.0526. The van der Waals surface area contributed by atoms with E-state index >= 15 is 0 Å². The van der Waals surface area contributed by atoms with Crippen molar-refractivity contribution in [1.82, 2.24) is 39.5 Å². The van der Waals surface area contributed by atoms with Crippen molar-refractivity contribution < 1.29 is 8.83 Å². The van der Waals surface area contributed by atoms with Gasteiger partial charge in [-0.2, -0.15) is 0 Å². The summed E-state index contributed by atoms with van der Waals surface area (Å²) in [4.78, 5) is 34.9. The Bertz CT molecular complexity index is 2990. The van der Waals surface area contributed by atoms with Crippen LogP contribution in [0.25, 0.3) is 44.1 Å². The summed E-state index contributed by atoms with van der Waals surface area (Å²) in [5.41, 5.74) is 9.63. The van der Waals surface area contributed by atoms with Crippen LogP contribution < -0.4 is 21.8 Å². The second kappa shape index (κ2) is 15.8. The third kappa shape index (κ3) is 8.38. The third-order valence-electron chi connectivity index (χ3n) is 10.0. The zero-order valence-corrected chi connectivity index (χ0v) is 35.2. The number of anilines is 4. The summed E-state index contributed by atoms with van der Waals surface area (Å²) in [5, 5.41) is 24.4. The second-order valence-corrected chi connectivity index (χ2v) is 16.2. The van der Waals surface area contributed by atoms with Gasteiger partial charge in [0.2, 0.25) is 11.8 Å². The summed E-state index contributed by atoms with van der Waals surface area (Å²) < 4.78 is 14.7. The maximum Gasteiger partial charge on any atom is 0.320 e. The van der Waals surface area contributed by atoms with E-state index in [2.05, 4.69) is 41.0 Å². The van der Waals surface area contributed by atoms with Crippen molar-refractivity contribution in [3.63, 3.8) is 0 Å². The number of hydrogen-bond acceptors (Lipinski definition) is 12. The summed E-state index contributed by atoms with van der Waals surface area (Å²) in [6, 6.07) is 19.9. The number of benzene rings is 2. The highest BCUT2D eigenvalue weighted by molar-refractivity contribution is 5.86. The molecule has 0 aliphatic heterocycles. The minimum Gasteiger partial charge on any atom is -0.408 e. The normalized spacial score (nSPS) is 11.6. The zero-order chi connectivity index (χ0) is 42.3. The van der Waals surface area contributed by atoms with E-state index in [0.717, 1.165) is 66.8 Å². The predicted octanol–water partition coefficient (Wildman–Crippen LogP) is 9.11. The molecule has 2 aromatic carbocycles. The molecule has 0 bridgehead atoms. The molecule has 0 aliphatic carbocycles. The number of nitrogens with zero attached hydrogens (tertiary/aromatic N) is 8. The first-order chi connectivity index (χ1) is 28.0. The summed E-state index contributed by atoms with van der Waals surface area (Å²) in [7, 11) is 3.58. The van der Waals surface area contributed by atoms with Crippen molar-refractivity contribution >= 4 is 45.2 Å². The molecular weight excluding hydrogens is 745 g/mol. The van der Waals surface area contributed by atoms with Crippen LogP contribution in [0.4, 0.5) is 23.4 Å². The number of pyridine rings is 4. The maximum atomic E-state index is 13.1. The van der Waals surface area contributed by atoms with Crippen LogP contribution in [-0.2, 0) is 19.5 Å². The molecule has 0 unspecified atom stereocenters. The molecule has 0 radical (unpaired) electrons. The molecule has 59 heavy (non-hydrogen) atoms. The molecule has 0 atom stereocenters. The van der Waals surface area contributed by atoms with Crippen molar-refractivity contribution in [3.8, 4) is 22.3 Å². The van der Waals surface area contributed by atoms with Crippen LogP contribution in [-0.4, -0.2) is 39.5 Å². The Hall–Kier alpha value is -6.96. The Morgan fingerprint density at radius 1 is 0.593 bits per heavy atom. The number of aryl methyl sites for hydroxylation is 6. The van der Waals surface area contributed by atoms with Gasteiger partial charge < -0.3 is 28.6 Å². The lowest BCUT2D eigenvalue weighted by atomic mass is 9.97. The van der Waals surface area contributed by atoms with Crippen LogP contribution in [0.5, 0.6) is 0 Å². The lowest BCUT2D eigenvalue weighted by Gasteiger charge is -2.13. The van der Waals surface area contributed by atoms with Crippen LogP contribution in [0.15, 0.2) is 91.5 Å². The minimum atomic E-state index is -0.227. The molecule has 14 nitrogen and oxygen atoms in total. The van der Waals surface area contributed by atoms with Gasteiger partial charge in [0.1, 0.15) is 0 Å². The highest BCUT2D eigenvalue weighted by atomic mass is 16.4. The molecule has 14 heteroatoms. The number of aromatic nitrogens is 8. The van der Waals surface area contributed by atoms with Gasteiger partial charge in [-0.3, -0.25) is 19.6 Å². The van der Waals surface area contributed by atoms with Gasteiger partial charge in [-0.15, -0.1) is 10.2 Å². The molecule has 8 aromatic rings. The first-order valence-corrected chi connectivity index (χ1v) is 19.3. The fourth-order valence-electron chi connectivity index (χ4n) is 6.64. The molecular formula is C45H48N10O4. The Labute approximate surface area is 341 Å². The fraction of sp³-hybridized carbons (Fsp3) is 0.289. The Morgan fingerprint density at radius 2 is 1.05 bits per heavy atom. The van der Waals surface area contributed by atoms with E-state index < -0.39 is 0 Å². The SMILES string of the molecule is Cc1cc2c(cn1)cc(-c1cc(Nc3nnc(C(C)(C)C)o3)ccc1C)c(=O)n2C.Cc1cc2c(cn1)cc(-c1cc(Nc3nnc(C(C)C)o3)ccc1C)c(=O)n2C. The van der Waals surface area contributed by atoms with Crippen LogP contribution in [0.1, 0.15) is 74.8 Å². The number of nitrogens with one attached hydrogen (secondary N) is 2. The summed E-state index contributed by atoms with van der Waals surface area (Å²) in [6.45, 7) is 17.8. The molecule has 0 saturated carbocycles. The average Bonchev–Trinajstić information content (AvgIpc) is 3.88. The molecule has 0 saturated heterocycles. The van der Waals surface area contributed by atoms with Gasteiger partial charge >= 0.3 is 12.0 Å². The van der Waals surface area contributed by atoms with Crippen LogP contribution in [0.3, 0.4) is 0 Å². The summed E-state index contributed by atoms with van der Waals surface area (Å²) >= 11 is 0. The smallest absolute Gasteiger partial charge is 0.320 e. The third-order valence-corrected chi connectivity index (χ3v) is 10.0. The second-order valence-electron chi connectivity index (χ2n) is 16.2. The van der Waals surface area contributed by atoms with Crippen LogP contribution in [0, 0.1) is 27.7 Å². The van der Waals surface area contributed by atoms with Crippen molar-refractivity contribution in [2.24, 2.45) is 14.1 Å². The van der Waals surface area contributed by atoms with E-state index in [0.29, 0.717) is 34.9 Å². The molecule has 302 valence electrons. The topological polar surface area (TPSA) is 172 Å². The maximum absolute atomic E-state index is 13.1. The molecule has 0 amide bonds. The lowest BCUT2D eigenvalue weighted by molar-refractivity contribution is 0.400. The Kier molecular flexibility index (Phi) is 10.8. The molecule has 0 spiro atoms. The van der Waals surface area contributed by atoms with E-state index in [1.807, 2.05) is 123 Å². The van der Waals surface area contributed by atoms with Gasteiger partial charge in [-0.25, -0.2) is 0 Å². The molecule has 6 heterocycles. The number of fused-ring (bicyclic) bond motifs is 2. The Morgan fingerprint density at radius 3 is 1.47 bits per heavy atom. The van der Waals surface area contributed by atoms with Gasteiger partial charge in [-0.1, -0.05) is 56.9 Å². The Balaban J connectivity index is 0.000000179. The highest BCUT2D eigenvalue weighted by Gasteiger charge is 2.22. The van der Waals surface area contributed by atoms with E-state index in [4.69, 9.17) is 8.83 Å². The number of hydrogen-bond donors (Lipinski definition) is 2.